The van der Waals surface area contributed by atoms with Gasteiger partial charge in [0.05, 0.1) is 11.3 Å². The first kappa shape index (κ1) is 18.6. The number of allylic oxidation sites excluding steroid dienone is 2. The highest BCUT2D eigenvalue weighted by Crippen LogP contribution is 2.29. The minimum atomic E-state index is -0.872. The average molecular weight is 411 g/mol. The second-order valence-corrected chi connectivity index (χ2v) is 7.21. The second-order valence-electron chi connectivity index (χ2n) is 7.21. The predicted molar refractivity (Wildman–Crippen MR) is 111 cm³/mol. The van der Waals surface area contributed by atoms with Crippen LogP contribution < -0.4 is 10.5 Å². The summed E-state index contributed by atoms with van der Waals surface area (Å²) in [5, 5.41) is 0.567. The monoisotopic (exact) mass is 411 g/mol. The zero-order valence-electron chi connectivity index (χ0n) is 15.9. The maximum atomic E-state index is 12.5. The zero-order valence-corrected chi connectivity index (χ0v) is 15.9. The largest absolute Gasteiger partial charge is 0.422 e. The van der Waals surface area contributed by atoms with Gasteiger partial charge in [0.15, 0.2) is 11.6 Å². The Balaban J connectivity index is 1.54. The van der Waals surface area contributed by atoms with E-state index in [0.717, 1.165) is 4.90 Å². The minimum Gasteiger partial charge on any atom is -0.422 e. The molecule has 2 aromatic carbocycles. The topological polar surface area (TPSA) is 102 Å². The van der Waals surface area contributed by atoms with Crippen LogP contribution in [0.4, 0.5) is 5.69 Å². The lowest BCUT2D eigenvalue weighted by atomic mass is 9.93. The van der Waals surface area contributed by atoms with Gasteiger partial charge in [-0.2, -0.15) is 0 Å². The predicted octanol–water partition coefficient (Wildman–Crippen LogP) is 2.68. The van der Waals surface area contributed by atoms with Gasteiger partial charge in [0.25, 0.3) is 11.8 Å². The Morgan fingerprint density at radius 2 is 1.35 bits per heavy atom. The number of benzene rings is 2. The molecule has 0 radical (unpaired) electrons. The van der Waals surface area contributed by atoms with Gasteiger partial charge in [0.2, 0.25) is 0 Å². The van der Waals surface area contributed by atoms with Gasteiger partial charge in [-0.05, 0) is 53.6 Å². The van der Waals surface area contributed by atoms with Crippen LogP contribution in [0.3, 0.4) is 0 Å². The molecule has 0 fully saturated rings. The number of imide groups is 1. The van der Waals surface area contributed by atoms with E-state index in [1.54, 1.807) is 48.5 Å². The van der Waals surface area contributed by atoms with E-state index in [1.165, 1.54) is 24.3 Å². The van der Waals surface area contributed by atoms with Crippen LogP contribution in [0.15, 0.2) is 82.0 Å². The normalized spacial score (nSPS) is 16.3. The fourth-order valence-corrected chi connectivity index (χ4v) is 3.79. The van der Waals surface area contributed by atoms with Gasteiger partial charge < -0.3 is 4.42 Å². The lowest BCUT2D eigenvalue weighted by Crippen LogP contribution is -2.29. The molecule has 5 rings (SSSR count). The number of hydrogen-bond acceptors (Lipinski definition) is 6. The number of rotatable bonds is 3. The van der Waals surface area contributed by atoms with Crippen LogP contribution in [0.25, 0.3) is 22.1 Å². The van der Waals surface area contributed by atoms with E-state index >= 15 is 0 Å². The molecular weight excluding hydrogens is 398 g/mol. The lowest BCUT2D eigenvalue weighted by molar-refractivity contribution is -0.123. The van der Waals surface area contributed by atoms with Crippen molar-refractivity contribution in [3.05, 3.63) is 88.8 Å². The number of nitrogens with zero attached hydrogens (tertiary/aromatic N) is 1. The first-order valence-corrected chi connectivity index (χ1v) is 9.42. The van der Waals surface area contributed by atoms with Crippen molar-refractivity contribution in [3.63, 3.8) is 0 Å². The molecule has 0 saturated heterocycles. The maximum Gasteiger partial charge on any atom is 0.344 e. The molecule has 1 aromatic heterocycles. The molecule has 0 bridgehead atoms. The summed E-state index contributed by atoms with van der Waals surface area (Å²) in [5.74, 6) is -2.29. The van der Waals surface area contributed by atoms with Crippen LogP contribution in [0.1, 0.15) is 11.5 Å². The second kappa shape index (κ2) is 6.84. The minimum absolute atomic E-state index is 0.274. The van der Waals surface area contributed by atoms with E-state index in [4.69, 9.17) is 4.42 Å². The third-order valence-electron chi connectivity index (χ3n) is 5.32. The molecule has 3 aromatic rings. The quantitative estimate of drug-likeness (QED) is 0.373. The van der Waals surface area contributed by atoms with Crippen molar-refractivity contribution in [1.29, 1.82) is 0 Å². The molecular formula is C24H13NO6. The van der Waals surface area contributed by atoms with Crippen molar-refractivity contribution in [2.24, 2.45) is 0 Å². The molecule has 7 nitrogen and oxygen atoms in total. The third-order valence-corrected chi connectivity index (χ3v) is 5.32. The Kier molecular flexibility index (Phi) is 4.11. The van der Waals surface area contributed by atoms with Crippen molar-refractivity contribution in [2.75, 3.05) is 4.90 Å². The summed E-state index contributed by atoms with van der Waals surface area (Å²) in [6, 6.07) is 12.8. The van der Waals surface area contributed by atoms with Crippen LogP contribution in [-0.2, 0) is 19.2 Å². The summed E-state index contributed by atoms with van der Waals surface area (Å²) in [6.07, 6.45) is 4.92. The fraction of sp³-hybridized carbons (Fsp3) is 0.0417. The molecule has 2 aliphatic rings. The number of amides is 2. The molecule has 7 heteroatoms. The van der Waals surface area contributed by atoms with Gasteiger partial charge in [-0.3, -0.25) is 19.2 Å². The van der Waals surface area contributed by atoms with E-state index in [-0.39, 0.29) is 17.1 Å². The first-order chi connectivity index (χ1) is 14.9. The van der Waals surface area contributed by atoms with Crippen LogP contribution in [0.5, 0.6) is 0 Å². The molecule has 2 amide bonds. The molecule has 2 heterocycles. The number of ketones is 2. The standard InChI is InChI=1S/C24H13NO6/c26-18-6-7-19(27)23(18)14-3-8-20-15(11-14)12-17(24(30)31-20)13-1-4-16(5-2-13)25-21(28)9-10-22(25)29/h1-12,23H. The SMILES string of the molecule is O=C1C=CC(=O)C1c1ccc2oc(=O)c(-c3ccc(N4C(=O)C=CC4=O)cc3)cc2c1. The van der Waals surface area contributed by atoms with E-state index in [1.807, 2.05) is 0 Å². The van der Waals surface area contributed by atoms with Crippen LogP contribution in [0, 0.1) is 0 Å². The summed E-state index contributed by atoms with van der Waals surface area (Å²) in [6.45, 7) is 0. The van der Waals surface area contributed by atoms with Crippen LogP contribution >= 0.6 is 0 Å². The zero-order chi connectivity index (χ0) is 21.7. The van der Waals surface area contributed by atoms with Gasteiger partial charge >= 0.3 is 5.63 Å². The van der Waals surface area contributed by atoms with Gasteiger partial charge in [0, 0.05) is 17.5 Å². The molecule has 31 heavy (non-hydrogen) atoms. The Morgan fingerprint density at radius 3 is 2.00 bits per heavy atom. The molecule has 150 valence electrons. The maximum absolute atomic E-state index is 12.5. The van der Waals surface area contributed by atoms with Crippen molar-refractivity contribution in [1.82, 2.24) is 0 Å². The Hall–Kier alpha value is -4.39. The molecule has 0 atom stereocenters. The van der Waals surface area contributed by atoms with Crippen molar-refractivity contribution in [3.8, 4) is 11.1 Å². The highest BCUT2D eigenvalue weighted by Gasteiger charge is 2.30. The number of carbonyl (C=O) groups excluding carboxylic acids is 4. The molecule has 0 unspecified atom stereocenters. The molecule has 0 N–H and O–H groups in total. The molecule has 0 saturated carbocycles. The molecule has 0 spiro atoms. The number of hydrogen-bond donors (Lipinski definition) is 0. The summed E-state index contributed by atoms with van der Waals surface area (Å²) in [7, 11) is 0. The number of carbonyl (C=O) groups is 4. The van der Waals surface area contributed by atoms with E-state index in [2.05, 4.69) is 0 Å². The number of anilines is 1. The smallest absolute Gasteiger partial charge is 0.344 e. The van der Waals surface area contributed by atoms with E-state index in [9.17, 15) is 24.0 Å². The van der Waals surface area contributed by atoms with Crippen molar-refractivity contribution < 1.29 is 23.6 Å². The average Bonchev–Trinajstić information content (AvgIpc) is 3.27. The summed E-state index contributed by atoms with van der Waals surface area (Å²) < 4.78 is 5.41. The number of fused-ring (bicyclic) bond motifs is 1. The van der Waals surface area contributed by atoms with Gasteiger partial charge in [-0.1, -0.05) is 18.2 Å². The molecule has 1 aliphatic heterocycles. The van der Waals surface area contributed by atoms with Crippen LogP contribution in [0.2, 0.25) is 0 Å². The van der Waals surface area contributed by atoms with E-state index < -0.39 is 23.4 Å². The van der Waals surface area contributed by atoms with Gasteiger partial charge in [0.1, 0.15) is 11.5 Å². The van der Waals surface area contributed by atoms with Crippen LogP contribution in [-0.4, -0.2) is 23.4 Å². The summed E-state index contributed by atoms with van der Waals surface area (Å²) in [5.41, 5.74) is 1.50. The van der Waals surface area contributed by atoms with Gasteiger partial charge in [-0.25, -0.2) is 9.69 Å². The Morgan fingerprint density at radius 1 is 0.710 bits per heavy atom. The fourth-order valence-electron chi connectivity index (χ4n) is 3.79. The lowest BCUT2D eigenvalue weighted by Gasteiger charge is -2.14. The Labute approximate surface area is 174 Å². The molecule has 1 aliphatic carbocycles. The van der Waals surface area contributed by atoms with Gasteiger partial charge in [-0.15, -0.1) is 0 Å². The first-order valence-electron chi connectivity index (χ1n) is 9.42. The van der Waals surface area contributed by atoms with Crippen molar-refractivity contribution >= 4 is 40.0 Å². The summed E-state index contributed by atoms with van der Waals surface area (Å²) >= 11 is 0. The highest BCUT2D eigenvalue weighted by molar-refractivity contribution is 6.28. The third kappa shape index (κ3) is 3.03. The Bertz CT molecular complexity index is 1390. The summed E-state index contributed by atoms with van der Waals surface area (Å²) in [4.78, 5) is 61.2. The van der Waals surface area contributed by atoms with Crippen molar-refractivity contribution in [2.45, 2.75) is 5.92 Å². The van der Waals surface area contributed by atoms with E-state index in [0.29, 0.717) is 27.8 Å². The highest BCUT2D eigenvalue weighted by atomic mass is 16.4.